The van der Waals surface area contributed by atoms with Crippen LogP contribution in [-0.4, -0.2) is 18.4 Å². The van der Waals surface area contributed by atoms with E-state index in [4.69, 9.17) is 0 Å². The van der Waals surface area contributed by atoms with E-state index >= 15 is 0 Å². The normalized spacial score (nSPS) is 12.0. The molecule has 0 radical (unpaired) electrons. The van der Waals surface area contributed by atoms with Crippen LogP contribution < -0.4 is 0 Å². The summed E-state index contributed by atoms with van der Waals surface area (Å²) in [4.78, 5) is 0. The fraction of sp³-hybridized carbons (Fsp3) is 1.00. The van der Waals surface area contributed by atoms with E-state index in [-0.39, 0.29) is 0 Å². The first kappa shape index (κ1) is 28.8. The van der Waals surface area contributed by atoms with E-state index in [2.05, 4.69) is 27.7 Å². The molecule has 0 amide bonds. The van der Waals surface area contributed by atoms with Gasteiger partial charge in [0.25, 0.3) is 0 Å². The summed E-state index contributed by atoms with van der Waals surface area (Å²) in [6, 6.07) is 0. The molecule has 0 fully saturated rings. The summed E-state index contributed by atoms with van der Waals surface area (Å²) in [5.74, 6) is 0. The Labute approximate surface area is 185 Å². The van der Waals surface area contributed by atoms with Gasteiger partial charge in [0.2, 0.25) is 0 Å². The number of rotatable bonds is 23. The summed E-state index contributed by atoms with van der Waals surface area (Å²) < 4.78 is 6.91. The van der Waals surface area contributed by atoms with Gasteiger partial charge in [0.15, 0.2) is 0 Å². The van der Waals surface area contributed by atoms with Gasteiger partial charge in [0, 0.05) is 0 Å². The summed E-state index contributed by atoms with van der Waals surface area (Å²) in [5, 5.41) is 0. The van der Waals surface area contributed by atoms with Gasteiger partial charge in [-0.15, -0.1) is 0 Å². The number of hydrogen-bond donors (Lipinski definition) is 0. The number of unbranched alkanes of at least 4 members (excludes halogenated alkanes) is 15. The standard InChI is InChI=1S/3C8H17.C3H7.Sn/c3*1-3-5-7-8-6-4-2;1-3-2;/h3*1,3-8H2,2H3;1,3H2,2H3;. The van der Waals surface area contributed by atoms with Gasteiger partial charge in [0.1, 0.15) is 0 Å². The zero-order valence-corrected chi connectivity index (χ0v) is 23.6. The maximum atomic E-state index is 2.48. The zero-order valence-electron chi connectivity index (χ0n) is 20.8. The van der Waals surface area contributed by atoms with Gasteiger partial charge in [-0.05, 0) is 0 Å². The predicted molar refractivity (Wildman–Crippen MR) is 135 cm³/mol. The Kier molecular flexibility index (Phi) is 23.1. The molecule has 0 spiro atoms. The second-order valence-corrected chi connectivity index (χ2v) is 24.1. The zero-order chi connectivity index (χ0) is 20.8. The van der Waals surface area contributed by atoms with Crippen molar-refractivity contribution in [3.63, 3.8) is 0 Å². The van der Waals surface area contributed by atoms with Gasteiger partial charge in [-0.1, -0.05) is 0 Å². The third kappa shape index (κ3) is 17.6. The molecule has 0 nitrogen and oxygen atoms in total. The van der Waals surface area contributed by atoms with E-state index in [0.717, 1.165) is 0 Å². The third-order valence-electron chi connectivity index (χ3n) is 6.96. The molecule has 28 heavy (non-hydrogen) atoms. The fourth-order valence-electron chi connectivity index (χ4n) is 5.12. The van der Waals surface area contributed by atoms with Crippen molar-refractivity contribution in [1.29, 1.82) is 0 Å². The van der Waals surface area contributed by atoms with Crippen LogP contribution in [0, 0.1) is 0 Å². The molecule has 0 saturated heterocycles. The van der Waals surface area contributed by atoms with Crippen LogP contribution in [0.25, 0.3) is 0 Å². The van der Waals surface area contributed by atoms with E-state index < -0.39 is 18.4 Å². The van der Waals surface area contributed by atoms with Crippen molar-refractivity contribution in [1.82, 2.24) is 0 Å². The van der Waals surface area contributed by atoms with Crippen molar-refractivity contribution in [2.75, 3.05) is 0 Å². The molecule has 170 valence electrons. The van der Waals surface area contributed by atoms with Crippen molar-refractivity contribution < 1.29 is 0 Å². The molecule has 0 aromatic carbocycles. The average Bonchev–Trinajstić information content (AvgIpc) is 2.70. The number of hydrogen-bond acceptors (Lipinski definition) is 0. The molecule has 0 saturated carbocycles. The summed E-state index contributed by atoms with van der Waals surface area (Å²) in [6.45, 7) is 9.49. The molecule has 0 aromatic rings. The molecule has 0 aromatic heterocycles. The van der Waals surface area contributed by atoms with Crippen molar-refractivity contribution in [3.8, 4) is 0 Å². The van der Waals surface area contributed by atoms with Crippen molar-refractivity contribution >= 4 is 18.4 Å². The molecule has 0 atom stereocenters. The van der Waals surface area contributed by atoms with Gasteiger partial charge in [-0.25, -0.2) is 0 Å². The minimum atomic E-state index is -1.87. The quantitative estimate of drug-likeness (QED) is 0.0965. The van der Waals surface area contributed by atoms with E-state index in [1.165, 1.54) is 103 Å². The van der Waals surface area contributed by atoms with Gasteiger partial charge in [0.05, 0.1) is 0 Å². The Morgan fingerprint density at radius 3 is 0.857 bits per heavy atom. The van der Waals surface area contributed by atoms with Gasteiger partial charge in [-0.3, -0.25) is 0 Å². The molecule has 1 heteroatoms. The van der Waals surface area contributed by atoms with Crippen LogP contribution in [0.4, 0.5) is 0 Å². The van der Waals surface area contributed by atoms with E-state index in [1.807, 2.05) is 0 Å². The predicted octanol–water partition coefficient (Wildman–Crippen LogP) is 10.9. The van der Waals surface area contributed by atoms with Gasteiger partial charge < -0.3 is 0 Å². The molecule has 0 N–H and O–H groups in total. The Balaban J connectivity index is 4.39. The van der Waals surface area contributed by atoms with Crippen LogP contribution in [-0.2, 0) is 0 Å². The molecular weight excluding hydrogens is 443 g/mol. The van der Waals surface area contributed by atoms with Crippen LogP contribution >= 0.6 is 0 Å². The van der Waals surface area contributed by atoms with Crippen LogP contribution in [0.2, 0.25) is 17.7 Å². The van der Waals surface area contributed by atoms with Crippen molar-refractivity contribution in [2.24, 2.45) is 0 Å². The summed E-state index contributed by atoms with van der Waals surface area (Å²) >= 11 is -1.87. The van der Waals surface area contributed by atoms with E-state index in [1.54, 1.807) is 37.0 Å². The van der Waals surface area contributed by atoms with Crippen molar-refractivity contribution in [3.05, 3.63) is 0 Å². The molecule has 0 bridgehead atoms. The molecule has 0 heterocycles. The van der Waals surface area contributed by atoms with Crippen LogP contribution in [0.5, 0.6) is 0 Å². The maximum absolute atomic E-state index is 2.48. The molecular formula is C27H58Sn. The topological polar surface area (TPSA) is 0 Å². The van der Waals surface area contributed by atoms with Crippen molar-refractivity contribution in [2.45, 2.75) is 167 Å². The Morgan fingerprint density at radius 2 is 0.571 bits per heavy atom. The molecule has 0 aliphatic heterocycles. The Morgan fingerprint density at radius 1 is 0.286 bits per heavy atom. The first-order valence-corrected chi connectivity index (χ1v) is 21.8. The summed E-state index contributed by atoms with van der Waals surface area (Å²) in [6.07, 6.45) is 28.4. The SMILES string of the molecule is CCCCCCC[CH2][Sn]([CH2]CC)([CH2]CCCCCCC)[CH2]CCCCCCC. The summed E-state index contributed by atoms with van der Waals surface area (Å²) in [7, 11) is 0. The third-order valence-corrected chi connectivity index (χ3v) is 23.5. The minimum absolute atomic E-state index is 1.38. The molecule has 0 rings (SSSR count). The van der Waals surface area contributed by atoms with E-state index in [0.29, 0.717) is 0 Å². The second-order valence-electron chi connectivity index (χ2n) is 9.80. The van der Waals surface area contributed by atoms with Gasteiger partial charge >= 0.3 is 186 Å². The molecule has 0 aliphatic carbocycles. The average molecular weight is 501 g/mol. The second kappa shape index (κ2) is 22.5. The Bertz CT molecular complexity index is 245. The molecule has 0 unspecified atom stereocenters. The molecule has 0 aliphatic rings. The fourth-order valence-corrected chi connectivity index (χ4v) is 21.0. The Hall–Kier alpha value is 0.799. The van der Waals surface area contributed by atoms with E-state index in [9.17, 15) is 0 Å². The first-order chi connectivity index (χ1) is 13.7. The van der Waals surface area contributed by atoms with Gasteiger partial charge in [-0.2, -0.15) is 0 Å². The first-order valence-electron chi connectivity index (χ1n) is 13.7. The van der Waals surface area contributed by atoms with Crippen LogP contribution in [0.15, 0.2) is 0 Å². The van der Waals surface area contributed by atoms with Crippen LogP contribution in [0.1, 0.15) is 150 Å². The summed E-state index contributed by atoms with van der Waals surface area (Å²) in [5.41, 5.74) is 0. The monoisotopic (exact) mass is 502 g/mol. The van der Waals surface area contributed by atoms with Crippen LogP contribution in [0.3, 0.4) is 0 Å².